The van der Waals surface area contributed by atoms with E-state index in [9.17, 15) is 4.79 Å². The second-order valence-corrected chi connectivity index (χ2v) is 6.82. The van der Waals surface area contributed by atoms with Gasteiger partial charge < -0.3 is 15.1 Å². The Morgan fingerprint density at radius 1 is 1.04 bits per heavy atom. The standard InChI is InChI=1S/C21H29N5O/c1-3-25(4-2)18-11-9-17(10-12-18)23-21-22-14-13-19(24-21)20(27)26-15-7-5-6-8-16-26/h9-14H,3-8,15-16H2,1-2H3,(H,22,23,24). The first-order valence-electron chi connectivity index (χ1n) is 9.95. The number of rotatable bonds is 6. The first kappa shape index (κ1) is 19.1. The van der Waals surface area contributed by atoms with Crippen molar-refractivity contribution in [2.45, 2.75) is 39.5 Å². The molecule has 1 aromatic heterocycles. The Balaban J connectivity index is 1.69. The summed E-state index contributed by atoms with van der Waals surface area (Å²) in [7, 11) is 0. The Hall–Kier alpha value is -2.63. The summed E-state index contributed by atoms with van der Waals surface area (Å²) in [5.74, 6) is 0.450. The van der Waals surface area contributed by atoms with Crippen LogP contribution in [0.15, 0.2) is 36.5 Å². The fourth-order valence-electron chi connectivity index (χ4n) is 3.45. The van der Waals surface area contributed by atoms with Crippen molar-refractivity contribution in [2.75, 3.05) is 36.4 Å². The van der Waals surface area contributed by atoms with Gasteiger partial charge in [-0.25, -0.2) is 9.97 Å². The Kier molecular flexibility index (Phi) is 6.63. The third-order valence-corrected chi connectivity index (χ3v) is 5.02. The quantitative estimate of drug-likeness (QED) is 0.833. The van der Waals surface area contributed by atoms with Crippen LogP contribution in [0, 0.1) is 0 Å². The molecule has 0 spiro atoms. The molecule has 1 N–H and O–H groups in total. The van der Waals surface area contributed by atoms with E-state index in [1.54, 1.807) is 12.3 Å². The SMILES string of the molecule is CCN(CC)c1ccc(Nc2nccc(C(=O)N3CCCCCC3)n2)cc1. The van der Waals surface area contributed by atoms with Gasteiger partial charge >= 0.3 is 0 Å². The molecule has 1 aliphatic rings. The predicted octanol–water partition coefficient (Wildman–Crippen LogP) is 4.08. The lowest BCUT2D eigenvalue weighted by molar-refractivity contribution is 0.0755. The molecule has 3 rings (SSSR count). The topological polar surface area (TPSA) is 61.4 Å². The summed E-state index contributed by atoms with van der Waals surface area (Å²) in [6, 6.07) is 9.89. The van der Waals surface area contributed by atoms with Crippen molar-refractivity contribution in [3.63, 3.8) is 0 Å². The van der Waals surface area contributed by atoms with E-state index in [1.165, 1.54) is 18.5 Å². The number of nitrogens with zero attached hydrogens (tertiary/aromatic N) is 4. The summed E-state index contributed by atoms with van der Waals surface area (Å²) >= 11 is 0. The fraction of sp³-hybridized carbons (Fsp3) is 0.476. The van der Waals surface area contributed by atoms with Gasteiger partial charge in [0.15, 0.2) is 0 Å². The second kappa shape index (κ2) is 9.35. The van der Waals surface area contributed by atoms with E-state index < -0.39 is 0 Å². The Morgan fingerprint density at radius 2 is 1.70 bits per heavy atom. The Bertz CT molecular complexity index is 734. The van der Waals surface area contributed by atoms with E-state index in [0.717, 1.165) is 44.7 Å². The van der Waals surface area contributed by atoms with Crippen molar-refractivity contribution in [1.29, 1.82) is 0 Å². The molecule has 2 heterocycles. The molecule has 1 amide bonds. The van der Waals surface area contributed by atoms with Gasteiger partial charge in [0.2, 0.25) is 5.95 Å². The molecule has 2 aromatic rings. The highest BCUT2D eigenvalue weighted by Gasteiger charge is 2.19. The maximum atomic E-state index is 12.7. The van der Waals surface area contributed by atoms with E-state index in [2.05, 4.69) is 46.2 Å². The normalized spacial score (nSPS) is 14.5. The van der Waals surface area contributed by atoms with Gasteiger partial charge in [0, 0.05) is 43.8 Å². The monoisotopic (exact) mass is 367 g/mol. The van der Waals surface area contributed by atoms with Crippen LogP contribution in [-0.2, 0) is 0 Å². The number of amides is 1. The number of anilines is 3. The van der Waals surface area contributed by atoms with Gasteiger partial charge in [-0.3, -0.25) is 4.79 Å². The minimum atomic E-state index is -0.000712. The smallest absolute Gasteiger partial charge is 0.272 e. The highest BCUT2D eigenvalue weighted by atomic mass is 16.2. The van der Waals surface area contributed by atoms with Crippen LogP contribution in [0.2, 0.25) is 0 Å². The second-order valence-electron chi connectivity index (χ2n) is 6.82. The molecule has 0 atom stereocenters. The molecule has 1 aromatic carbocycles. The summed E-state index contributed by atoms with van der Waals surface area (Å²) in [5, 5.41) is 3.21. The van der Waals surface area contributed by atoms with E-state index in [4.69, 9.17) is 0 Å². The average Bonchev–Trinajstić information content (AvgIpc) is 2.99. The summed E-state index contributed by atoms with van der Waals surface area (Å²) < 4.78 is 0. The Labute approximate surface area is 161 Å². The largest absolute Gasteiger partial charge is 0.372 e. The fourth-order valence-corrected chi connectivity index (χ4v) is 3.45. The average molecular weight is 367 g/mol. The lowest BCUT2D eigenvalue weighted by Gasteiger charge is -2.21. The zero-order chi connectivity index (χ0) is 19.1. The molecular weight excluding hydrogens is 338 g/mol. The van der Waals surface area contributed by atoms with Crippen LogP contribution in [0.3, 0.4) is 0 Å². The molecule has 0 unspecified atom stereocenters. The molecule has 0 aliphatic carbocycles. The van der Waals surface area contributed by atoms with Crippen molar-refractivity contribution >= 4 is 23.2 Å². The summed E-state index contributed by atoms with van der Waals surface area (Å²) in [4.78, 5) is 25.7. The number of hydrogen-bond acceptors (Lipinski definition) is 5. The highest BCUT2D eigenvalue weighted by molar-refractivity contribution is 5.92. The first-order valence-corrected chi connectivity index (χ1v) is 9.95. The molecule has 1 fully saturated rings. The van der Waals surface area contributed by atoms with Gasteiger partial charge in [-0.05, 0) is 57.0 Å². The van der Waals surface area contributed by atoms with Crippen LogP contribution in [0.5, 0.6) is 0 Å². The van der Waals surface area contributed by atoms with Crippen molar-refractivity contribution < 1.29 is 4.79 Å². The lowest BCUT2D eigenvalue weighted by Crippen LogP contribution is -2.32. The lowest BCUT2D eigenvalue weighted by atomic mass is 10.2. The van der Waals surface area contributed by atoms with Gasteiger partial charge in [-0.2, -0.15) is 0 Å². The molecule has 0 saturated carbocycles. The van der Waals surface area contributed by atoms with E-state index in [1.807, 2.05) is 17.0 Å². The molecule has 1 aliphatic heterocycles. The zero-order valence-corrected chi connectivity index (χ0v) is 16.3. The summed E-state index contributed by atoms with van der Waals surface area (Å²) in [6.07, 6.45) is 6.18. The Morgan fingerprint density at radius 3 is 2.33 bits per heavy atom. The van der Waals surface area contributed by atoms with Crippen molar-refractivity contribution in [3.05, 3.63) is 42.2 Å². The van der Waals surface area contributed by atoms with Crippen LogP contribution in [0.25, 0.3) is 0 Å². The van der Waals surface area contributed by atoms with E-state index in [-0.39, 0.29) is 5.91 Å². The third-order valence-electron chi connectivity index (χ3n) is 5.02. The summed E-state index contributed by atoms with van der Waals surface area (Å²) in [6.45, 7) is 7.89. The number of carbonyl (C=O) groups is 1. The molecule has 27 heavy (non-hydrogen) atoms. The van der Waals surface area contributed by atoms with Gasteiger partial charge in [0.05, 0.1) is 0 Å². The van der Waals surface area contributed by atoms with Gasteiger partial charge in [0.25, 0.3) is 5.91 Å². The van der Waals surface area contributed by atoms with Crippen LogP contribution >= 0.6 is 0 Å². The highest BCUT2D eigenvalue weighted by Crippen LogP contribution is 2.20. The third kappa shape index (κ3) is 4.96. The van der Waals surface area contributed by atoms with E-state index >= 15 is 0 Å². The van der Waals surface area contributed by atoms with Crippen molar-refractivity contribution in [2.24, 2.45) is 0 Å². The van der Waals surface area contributed by atoms with Gasteiger partial charge in [0.1, 0.15) is 5.69 Å². The van der Waals surface area contributed by atoms with Crippen molar-refractivity contribution in [1.82, 2.24) is 14.9 Å². The summed E-state index contributed by atoms with van der Waals surface area (Å²) in [5.41, 5.74) is 2.55. The molecule has 6 nitrogen and oxygen atoms in total. The van der Waals surface area contributed by atoms with Crippen LogP contribution in [-0.4, -0.2) is 47.0 Å². The van der Waals surface area contributed by atoms with E-state index in [0.29, 0.717) is 11.6 Å². The maximum absolute atomic E-state index is 12.7. The minimum Gasteiger partial charge on any atom is -0.372 e. The van der Waals surface area contributed by atoms with Gasteiger partial charge in [-0.15, -0.1) is 0 Å². The number of carbonyl (C=O) groups excluding carboxylic acids is 1. The van der Waals surface area contributed by atoms with Gasteiger partial charge in [-0.1, -0.05) is 12.8 Å². The van der Waals surface area contributed by atoms with Crippen LogP contribution in [0.4, 0.5) is 17.3 Å². The van der Waals surface area contributed by atoms with Crippen LogP contribution < -0.4 is 10.2 Å². The number of hydrogen-bond donors (Lipinski definition) is 1. The minimum absolute atomic E-state index is 0.000712. The number of benzene rings is 1. The first-order chi connectivity index (χ1) is 13.2. The molecule has 0 radical (unpaired) electrons. The number of aromatic nitrogens is 2. The molecule has 6 heteroatoms. The maximum Gasteiger partial charge on any atom is 0.272 e. The molecule has 144 valence electrons. The zero-order valence-electron chi connectivity index (χ0n) is 16.3. The van der Waals surface area contributed by atoms with Crippen LogP contribution in [0.1, 0.15) is 50.0 Å². The molecule has 1 saturated heterocycles. The predicted molar refractivity (Wildman–Crippen MR) is 110 cm³/mol. The van der Waals surface area contributed by atoms with Crippen molar-refractivity contribution in [3.8, 4) is 0 Å². The molecular formula is C21H29N5O. The molecule has 0 bridgehead atoms. The number of likely N-dealkylation sites (tertiary alicyclic amines) is 1. The number of nitrogens with one attached hydrogen (secondary N) is 1.